The van der Waals surface area contributed by atoms with E-state index in [-0.39, 0.29) is 0 Å². The van der Waals surface area contributed by atoms with Gasteiger partial charge in [0.25, 0.3) is 0 Å². The first kappa shape index (κ1) is 22.7. The fraction of sp³-hybridized carbons (Fsp3) is 0.0263. The third-order valence-electron chi connectivity index (χ3n) is 8.90. The lowest BCUT2D eigenvalue weighted by Crippen LogP contribution is -2.32. The fourth-order valence-electron chi connectivity index (χ4n) is 7.33. The first-order valence-corrected chi connectivity index (χ1v) is 14.7. The van der Waals surface area contributed by atoms with Crippen LogP contribution in [0, 0.1) is 11.3 Å². The van der Waals surface area contributed by atoms with E-state index in [4.69, 9.17) is 0 Å². The molecule has 1 aromatic heterocycles. The normalized spacial score (nSPS) is 13.9. The van der Waals surface area contributed by atoms with E-state index in [1.54, 1.807) is 0 Å². The SMILES string of the molecule is N#Cc1ccc(-n2c3ccccc3c3c4c(ccc32)C2(c3ccccc3S4)c3ccccc3-c3ccccc32)cc1. The number of rotatable bonds is 1. The largest absolute Gasteiger partial charge is 0.309 e. The summed E-state index contributed by atoms with van der Waals surface area (Å²) in [4.78, 5) is 2.62. The van der Waals surface area contributed by atoms with Crippen LogP contribution >= 0.6 is 11.8 Å². The van der Waals surface area contributed by atoms with Crippen molar-refractivity contribution in [3.8, 4) is 22.9 Å². The predicted molar refractivity (Wildman–Crippen MR) is 167 cm³/mol. The molecule has 6 aromatic carbocycles. The summed E-state index contributed by atoms with van der Waals surface area (Å²) < 4.78 is 2.34. The van der Waals surface area contributed by atoms with Gasteiger partial charge < -0.3 is 4.57 Å². The van der Waals surface area contributed by atoms with E-state index in [9.17, 15) is 5.26 Å². The molecule has 190 valence electrons. The molecule has 2 heterocycles. The highest BCUT2D eigenvalue weighted by Gasteiger charge is 2.50. The molecule has 0 radical (unpaired) electrons. The number of fused-ring (bicyclic) bond motifs is 13. The van der Waals surface area contributed by atoms with Crippen LogP contribution in [0.25, 0.3) is 38.6 Å². The Morgan fingerprint density at radius 3 is 1.93 bits per heavy atom. The number of hydrogen-bond donors (Lipinski definition) is 0. The number of nitriles is 1. The second-order valence-corrected chi connectivity index (χ2v) is 11.8. The Morgan fingerprint density at radius 1 is 0.561 bits per heavy atom. The molecule has 2 nitrogen and oxygen atoms in total. The summed E-state index contributed by atoms with van der Waals surface area (Å²) in [6.07, 6.45) is 0. The van der Waals surface area contributed by atoms with Gasteiger partial charge in [-0.2, -0.15) is 5.26 Å². The monoisotopic (exact) mass is 538 g/mol. The molecule has 0 saturated carbocycles. The number of nitrogens with zero attached hydrogens (tertiary/aromatic N) is 2. The highest BCUT2D eigenvalue weighted by Crippen LogP contribution is 2.63. The van der Waals surface area contributed by atoms with E-state index < -0.39 is 5.41 Å². The third kappa shape index (κ3) is 2.82. The summed E-state index contributed by atoms with van der Waals surface area (Å²) in [5.41, 5.74) is 11.7. The van der Waals surface area contributed by atoms with Gasteiger partial charge in [-0.3, -0.25) is 0 Å². The number of para-hydroxylation sites is 1. The first-order chi connectivity index (χ1) is 20.3. The lowest BCUT2D eigenvalue weighted by Gasteiger charge is -2.40. The molecule has 0 bridgehead atoms. The van der Waals surface area contributed by atoms with Gasteiger partial charge in [-0.1, -0.05) is 103 Å². The molecule has 1 aliphatic heterocycles. The predicted octanol–water partition coefficient (Wildman–Crippen LogP) is 9.48. The van der Waals surface area contributed by atoms with E-state index in [1.165, 1.54) is 65.0 Å². The van der Waals surface area contributed by atoms with Gasteiger partial charge in [0.2, 0.25) is 0 Å². The van der Waals surface area contributed by atoms with E-state index in [2.05, 4.69) is 132 Å². The Kier molecular flexibility index (Phi) is 4.57. The van der Waals surface area contributed by atoms with Gasteiger partial charge >= 0.3 is 0 Å². The zero-order valence-electron chi connectivity index (χ0n) is 22.0. The molecule has 1 spiro atoms. The summed E-state index contributed by atoms with van der Waals surface area (Å²) >= 11 is 1.90. The minimum Gasteiger partial charge on any atom is -0.309 e. The van der Waals surface area contributed by atoms with Gasteiger partial charge in [0.05, 0.1) is 28.1 Å². The van der Waals surface area contributed by atoms with Gasteiger partial charge in [-0.25, -0.2) is 0 Å². The molecular formula is C38H22N2S. The molecule has 9 rings (SSSR count). The molecular weight excluding hydrogens is 516 g/mol. The maximum absolute atomic E-state index is 9.40. The van der Waals surface area contributed by atoms with Crippen molar-refractivity contribution in [2.45, 2.75) is 15.2 Å². The third-order valence-corrected chi connectivity index (χ3v) is 10.1. The molecule has 41 heavy (non-hydrogen) atoms. The Labute approximate surface area is 242 Å². The molecule has 0 unspecified atom stereocenters. The van der Waals surface area contributed by atoms with Gasteiger partial charge in [0.1, 0.15) is 0 Å². The number of benzene rings is 6. The first-order valence-electron chi connectivity index (χ1n) is 13.8. The Hall–Kier alpha value is -5.04. The van der Waals surface area contributed by atoms with Gasteiger partial charge in [-0.05, 0) is 75.8 Å². The van der Waals surface area contributed by atoms with Gasteiger partial charge in [0.15, 0.2) is 0 Å². The maximum atomic E-state index is 9.40. The molecule has 1 aliphatic carbocycles. The topological polar surface area (TPSA) is 28.7 Å². The number of aromatic nitrogens is 1. The fourth-order valence-corrected chi connectivity index (χ4v) is 8.67. The molecule has 0 amide bonds. The van der Waals surface area contributed by atoms with E-state index in [1.807, 2.05) is 23.9 Å². The van der Waals surface area contributed by atoms with Crippen molar-refractivity contribution >= 4 is 33.6 Å². The van der Waals surface area contributed by atoms with Crippen LogP contribution in [-0.2, 0) is 5.41 Å². The van der Waals surface area contributed by atoms with Crippen LogP contribution in [0.3, 0.4) is 0 Å². The second kappa shape index (κ2) is 8.24. The summed E-state index contributed by atoms with van der Waals surface area (Å²) in [6.45, 7) is 0. The standard InChI is InChI=1S/C38H22N2S/c39-23-24-17-19-25(20-18-24)40-33-15-7-3-11-28(33)36-34(40)22-21-32-37(36)41-35-16-8-6-14-31(35)38(32)29-12-4-1-9-26(29)27-10-2-5-13-30(27)38/h1-22H. The smallest absolute Gasteiger partial charge is 0.0991 e. The van der Waals surface area contributed by atoms with Gasteiger partial charge in [-0.15, -0.1) is 0 Å². The lowest BCUT2D eigenvalue weighted by molar-refractivity contribution is 0.726. The lowest BCUT2D eigenvalue weighted by atomic mass is 9.67. The van der Waals surface area contributed by atoms with Crippen molar-refractivity contribution in [3.05, 3.63) is 161 Å². The Balaban J connectivity index is 1.45. The van der Waals surface area contributed by atoms with Crippen molar-refractivity contribution in [1.82, 2.24) is 4.57 Å². The molecule has 3 heteroatoms. The van der Waals surface area contributed by atoms with Crippen LogP contribution in [0.15, 0.2) is 143 Å². The zero-order chi connectivity index (χ0) is 27.1. The van der Waals surface area contributed by atoms with Crippen molar-refractivity contribution in [2.75, 3.05) is 0 Å². The molecule has 0 atom stereocenters. The van der Waals surface area contributed by atoms with Crippen molar-refractivity contribution in [2.24, 2.45) is 0 Å². The van der Waals surface area contributed by atoms with E-state index >= 15 is 0 Å². The Morgan fingerprint density at radius 2 is 1.20 bits per heavy atom. The summed E-state index contributed by atoms with van der Waals surface area (Å²) in [6, 6.07) is 50.4. The van der Waals surface area contributed by atoms with Crippen LogP contribution in [0.1, 0.15) is 27.8 Å². The summed E-state index contributed by atoms with van der Waals surface area (Å²) in [7, 11) is 0. The summed E-state index contributed by atoms with van der Waals surface area (Å²) in [5, 5.41) is 11.9. The van der Waals surface area contributed by atoms with Crippen LogP contribution in [0.2, 0.25) is 0 Å². The quantitative estimate of drug-likeness (QED) is 0.208. The van der Waals surface area contributed by atoms with Crippen molar-refractivity contribution in [1.29, 1.82) is 5.26 Å². The maximum Gasteiger partial charge on any atom is 0.0991 e. The Bertz CT molecular complexity index is 2200. The average Bonchev–Trinajstić information content (AvgIpc) is 3.53. The second-order valence-electron chi connectivity index (χ2n) is 10.8. The number of hydrogen-bond acceptors (Lipinski definition) is 2. The average molecular weight is 539 g/mol. The summed E-state index contributed by atoms with van der Waals surface area (Å²) in [5.74, 6) is 0. The van der Waals surface area contributed by atoms with E-state index in [0.717, 1.165) is 5.69 Å². The van der Waals surface area contributed by atoms with Crippen LogP contribution in [0.4, 0.5) is 0 Å². The molecule has 2 aliphatic rings. The van der Waals surface area contributed by atoms with Crippen molar-refractivity contribution in [3.63, 3.8) is 0 Å². The van der Waals surface area contributed by atoms with E-state index in [0.29, 0.717) is 5.56 Å². The molecule has 0 fully saturated rings. The molecule has 0 saturated heterocycles. The highest BCUT2D eigenvalue weighted by atomic mass is 32.2. The molecule has 0 N–H and O–H groups in total. The highest BCUT2D eigenvalue weighted by molar-refractivity contribution is 7.99. The van der Waals surface area contributed by atoms with Crippen molar-refractivity contribution < 1.29 is 0 Å². The van der Waals surface area contributed by atoms with Crippen LogP contribution in [-0.4, -0.2) is 4.57 Å². The molecule has 7 aromatic rings. The van der Waals surface area contributed by atoms with Gasteiger partial charge in [0, 0.05) is 26.3 Å². The van der Waals surface area contributed by atoms with Crippen LogP contribution in [0.5, 0.6) is 0 Å². The zero-order valence-corrected chi connectivity index (χ0v) is 22.8. The minimum atomic E-state index is -0.393. The van der Waals surface area contributed by atoms with Crippen LogP contribution < -0.4 is 0 Å². The minimum absolute atomic E-state index is 0.393.